The van der Waals surface area contributed by atoms with Gasteiger partial charge >= 0.3 is 0 Å². The molecule has 8 heavy (non-hydrogen) atoms. The Morgan fingerprint density at radius 2 is 2.12 bits per heavy atom. The first-order chi connectivity index (χ1) is 3.77. The minimum Gasteiger partial charge on any atom is -0.164 e. The Bertz CT molecular complexity index is 122. The SMILES string of the molecule is C=C(C)/C=N\N=C/C. The van der Waals surface area contributed by atoms with Crippen LogP contribution in [0.4, 0.5) is 0 Å². The Morgan fingerprint density at radius 3 is 2.50 bits per heavy atom. The molecule has 0 aromatic rings. The van der Waals surface area contributed by atoms with Gasteiger partial charge in [-0.3, -0.25) is 0 Å². The highest BCUT2D eigenvalue weighted by Crippen LogP contribution is 1.78. The zero-order chi connectivity index (χ0) is 6.41. The molecule has 0 aromatic heterocycles. The summed E-state index contributed by atoms with van der Waals surface area (Å²) in [6.07, 6.45) is 3.24. The number of rotatable bonds is 2. The van der Waals surface area contributed by atoms with Gasteiger partial charge < -0.3 is 0 Å². The van der Waals surface area contributed by atoms with Gasteiger partial charge in [0.15, 0.2) is 0 Å². The smallest absolute Gasteiger partial charge is 0.0518 e. The van der Waals surface area contributed by atoms with Crippen LogP contribution in [0.5, 0.6) is 0 Å². The zero-order valence-corrected chi connectivity index (χ0v) is 5.26. The molecule has 0 atom stereocenters. The Hall–Kier alpha value is -0.920. The van der Waals surface area contributed by atoms with Crippen LogP contribution in [0.25, 0.3) is 0 Å². The normalized spacial score (nSPS) is 11.2. The molecular weight excluding hydrogens is 100 g/mol. The second-order valence-corrected chi connectivity index (χ2v) is 1.46. The van der Waals surface area contributed by atoms with E-state index >= 15 is 0 Å². The van der Waals surface area contributed by atoms with E-state index in [0.29, 0.717) is 0 Å². The van der Waals surface area contributed by atoms with Gasteiger partial charge in [-0.2, -0.15) is 10.2 Å². The van der Waals surface area contributed by atoms with E-state index in [2.05, 4.69) is 16.8 Å². The van der Waals surface area contributed by atoms with Gasteiger partial charge in [-0.05, 0) is 19.4 Å². The summed E-state index contributed by atoms with van der Waals surface area (Å²) in [5, 5.41) is 7.23. The zero-order valence-electron chi connectivity index (χ0n) is 5.26. The molecular formula is C6H10N2. The molecule has 2 nitrogen and oxygen atoms in total. The van der Waals surface area contributed by atoms with Gasteiger partial charge in [0, 0.05) is 6.21 Å². The first kappa shape index (κ1) is 7.08. The molecule has 0 fully saturated rings. The Labute approximate surface area is 49.6 Å². The number of hydrogen-bond acceptors (Lipinski definition) is 2. The highest BCUT2D eigenvalue weighted by Gasteiger charge is 1.68. The first-order valence-corrected chi connectivity index (χ1v) is 2.44. The second-order valence-electron chi connectivity index (χ2n) is 1.46. The molecule has 44 valence electrons. The highest BCUT2D eigenvalue weighted by atomic mass is 15.2. The van der Waals surface area contributed by atoms with Crippen LogP contribution in [0.1, 0.15) is 13.8 Å². The summed E-state index contributed by atoms with van der Waals surface area (Å²) in [4.78, 5) is 0. The van der Waals surface area contributed by atoms with Gasteiger partial charge in [-0.15, -0.1) is 0 Å². The average molecular weight is 110 g/mol. The molecule has 0 spiro atoms. The lowest BCUT2D eigenvalue weighted by Crippen LogP contribution is -1.69. The number of allylic oxidation sites excluding steroid dienone is 1. The lowest BCUT2D eigenvalue weighted by atomic mass is 10.4. The van der Waals surface area contributed by atoms with E-state index in [-0.39, 0.29) is 0 Å². The van der Waals surface area contributed by atoms with Crippen LogP contribution < -0.4 is 0 Å². The van der Waals surface area contributed by atoms with E-state index in [9.17, 15) is 0 Å². The fourth-order valence-corrected chi connectivity index (χ4v) is 0.199. The maximum atomic E-state index is 3.63. The number of hydrogen-bond donors (Lipinski definition) is 0. The minimum atomic E-state index is 0.913. The Kier molecular flexibility index (Phi) is 3.76. The Morgan fingerprint density at radius 1 is 1.50 bits per heavy atom. The van der Waals surface area contributed by atoms with E-state index < -0.39 is 0 Å². The summed E-state index contributed by atoms with van der Waals surface area (Å²) in [6.45, 7) is 7.29. The van der Waals surface area contributed by atoms with Crippen molar-refractivity contribution in [1.29, 1.82) is 0 Å². The Balaban J connectivity index is 3.50. The topological polar surface area (TPSA) is 24.7 Å². The predicted molar refractivity (Wildman–Crippen MR) is 37.5 cm³/mol. The van der Waals surface area contributed by atoms with E-state index in [1.54, 1.807) is 12.4 Å². The summed E-state index contributed by atoms with van der Waals surface area (Å²) in [7, 11) is 0. The summed E-state index contributed by atoms with van der Waals surface area (Å²) < 4.78 is 0. The fraction of sp³-hybridized carbons (Fsp3) is 0.333. The molecule has 0 aliphatic heterocycles. The quantitative estimate of drug-likeness (QED) is 0.381. The molecule has 0 heterocycles. The molecule has 0 rings (SSSR count). The first-order valence-electron chi connectivity index (χ1n) is 2.44. The maximum absolute atomic E-state index is 3.63. The molecule has 0 aliphatic carbocycles. The third-order valence-electron chi connectivity index (χ3n) is 0.460. The minimum absolute atomic E-state index is 0.913. The van der Waals surface area contributed by atoms with Gasteiger partial charge in [0.25, 0.3) is 0 Å². The van der Waals surface area contributed by atoms with Crippen LogP contribution >= 0.6 is 0 Å². The summed E-state index contributed by atoms with van der Waals surface area (Å²) in [5.74, 6) is 0. The van der Waals surface area contributed by atoms with Gasteiger partial charge in [0.2, 0.25) is 0 Å². The molecule has 0 amide bonds. The van der Waals surface area contributed by atoms with Gasteiger partial charge in [0.05, 0.1) is 6.21 Å². The van der Waals surface area contributed by atoms with Crippen LogP contribution in [0.3, 0.4) is 0 Å². The lowest BCUT2D eigenvalue weighted by Gasteiger charge is -1.77. The van der Waals surface area contributed by atoms with Crippen molar-refractivity contribution in [1.82, 2.24) is 0 Å². The summed E-state index contributed by atoms with van der Waals surface area (Å²) in [5.41, 5.74) is 0.913. The summed E-state index contributed by atoms with van der Waals surface area (Å²) >= 11 is 0. The summed E-state index contributed by atoms with van der Waals surface area (Å²) in [6, 6.07) is 0. The van der Waals surface area contributed by atoms with Crippen molar-refractivity contribution in [2.45, 2.75) is 13.8 Å². The van der Waals surface area contributed by atoms with Crippen molar-refractivity contribution in [3.63, 3.8) is 0 Å². The third kappa shape index (κ3) is 5.08. The van der Waals surface area contributed by atoms with Crippen molar-refractivity contribution in [3.8, 4) is 0 Å². The van der Waals surface area contributed by atoms with E-state index in [4.69, 9.17) is 0 Å². The van der Waals surface area contributed by atoms with E-state index in [1.165, 1.54) is 0 Å². The van der Waals surface area contributed by atoms with Crippen molar-refractivity contribution in [2.24, 2.45) is 10.2 Å². The van der Waals surface area contributed by atoms with Crippen LogP contribution in [-0.2, 0) is 0 Å². The van der Waals surface area contributed by atoms with E-state index in [0.717, 1.165) is 5.57 Å². The molecule has 0 unspecified atom stereocenters. The van der Waals surface area contributed by atoms with Crippen LogP contribution in [0.15, 0.2) is 22.4 Å². The van der Waals surface area contributed by atoms with Gasteiger partial charge in [-0.25, -0.2) is 0 Å². The molecule has 0 bridgehead atoms. The molecule has 0 N–H and O–H groups in total. The van der Waals surface area contributed by atoms with Crippen molar-refractivity contribution in [3.05, 3.63) is 12.2 Å². The van der Waals surface area contributed by atoms with Crippen molar-refractivity contribution < 1.29 is 0 Å². The molecule has 2 heteroatoms. The highest BCUT2D eigenvalue weighted by molar-refractivity contribution is 5.76. The van der Waals surface area contributed by atoms with Gasteiger partial charge in [-0.1, -0.05) is 6.58 Å². The fourth-order valence-electron chi connectivity index (χ4n) is 0.199. The van der Waals surface area contributed by atoms with Crippen LogP contribution in [-0.4, -0.2) is 12.4 Å². The molecule has 0 saturated heterocycles. The molecule has 0 aliphatic rings. The monoisotopic (exact) mass is 110 g/mol. The largest absolute Gasteiger partial charge is 0.164 e. The van der Waals surface area contributed by atoms with E-state index in [1.807, 2.05) is 13.8 Å². The van der Waals surface area contributed by atoms with Gasteiger partial charge in [0.1, 0.15) is 0 Å². The average Bonchev–Trinajstić information content (AvgIpc) is 1.66. The molecule has 0 saturated carbocycles. The second kappa shape index (κ2) is 4.24. The standard InChI is InChI=1S/C6H10N2/c1-4-7-8-5-6(2)3/h4-5H,2H2,1,3H3/b7-4-,8-5-. The molecule has 0 radical (unpaired) electrons. The maximum Gasteiger partial charge on any atom is 0.0518 e. The van der Waals surface area contributed by atoms with Crippen LogP contribution in [0, 0.1) is 0 Å². The number of nitrogens with zero attached hydrogens (tertiary/aromatic N) is 2. The van der Waals surface area contributed by atoms with Crippen molar-refractivity contribution >= 4 is 12.4 Å². The third-order valence-corrected chi connectivity index (χ3v) is 0.460. The predicted octanol–water partition coefficient (Wildman–Crippen LogP) is 1.64. The lowest BCUT2D eigenvalue weighted by molar-refractivity contribution is 1.26. The van der Waals surface area contributed by atoms with Crippen molar-refractivity contribution in [2.75, 3.05) is 0 Å². The van der Waals surface area contributed by atoms with Crippen LogP contribution in [0.2, 0.25) is 0 Å². The molecule has 0 aromatic carbocycles.